The Balaban J connectivity index is 0.00000300. The molecule has 1 N–H and O–H groups in total. The topological polar surface area (TPSA) is 34.1 Å². The molecule has 2 aliphatic heterocycles. The maximum atomic E-state index is 5.18. The van der Waals surface area contributed by atoms with E-state index in [0.29, 0.717) is 0 Å². The predicted octanol–water partition coefficient (Wildman–Crippen LogP) is 3.76. The summed E-state index contributed by atoms with van der Waals surface area (Å²) in [6.45, 7) is 9.90. The Morgan fingerprint density at radius 3 is 2.55 bits per heavy atom. The minimum atomic E-state index is 0. The zero-order valence-corrected chi connectivity index (χ0v) is 21.7. The van der Waals surface area contributed by atoms with Crippen molar-refractivity contribution in [2.45, 2.75) is 51.0 Å². The molecule has 1 aromatic rings. The maximum absolute atomic E-state index is 5.18. The minimum absolute atomic E-state index is 0. The first kappa shape index (κ1) is 24.9. The number of thiophene rings is 1. The van der Waals surface area contributed by atoms with Crippen LogP contribution in [0.15, 0.2) is 22.5 Å². The van der Waals surface area contributed by atoms with E-state index in [0.717, 1.165) is 32.0 Å². The van der Waals surface area contributed by atoms with E-state index in [-0.39, 0.29) is 29.5 Å². The van der Waals surface area contributed by atoms with Gasteiger partial charge >= 0.3 is 0 Å². The number of hydrogen-bond donors (Lipinski definition) is 1. The molecule has 3 rings (SSSR count). The summed E-state index contributed by atoms with van der Waals surface area (Å²) in [7, 11) is 4.43. The van der Waals surface area contributed by atoms with Gasteiger partial charge in [-0.2, -0.15) is 0 Å². The zero-order chi connectivity index (χ0) is 19.8. The molecule has 2 aliphatic rings. The van der Waals surface area contributed by atoms with Gasteiger partial charge in [0.05, 0.1) is 6.54 Å². The van der Waals surface area contributed by atoms with Crippen LogP contribution in [-0.4, -0.2) is 86.1 Å². The highest BCUT2D eigenvalue weighted by Crippen LogP contribution is 2.31. The summed E-state index contributed by atoms with van der Waals surface area (Å²) in [6.07, 6.45) is 7.66. The van der Waals surface area contributed by atoms with Crippen molar-refractivity contribution in [1.29, 1.82) is 0 Å². The van der Waals surface area contributed by atoms with Crippen LogP contribution in [0.2, 0.25) is 0 Å². The fourth-order valence-electron chi connectivity index (χ4n) is 4.51. The van der Waals surface area contributed by atoms with Crippen LogP contribution >= 0.6 is 35.3 Å². The summed E-state index contributed by atoms with van der Waals surface area (Å²) in [5.41, 5.74) is 0.252. The Labute approximate surface area is 198 Å². The van der Waals surface area contributed by atoms with Crippen LogP contribution < -0.4 is 5.32 Å². The summed E-state index contributed by atoms with van der Waals surface area (Å²) in [4.78, 5) is 14.2. The number of hydrogen-bond acceptors (Lipinski definition) is 4. The number of aliphatic imine (C=N–C) groups is 1. The third-order valence-electron chi connectivity index (χ3n) is 6.44. The van der Waals surface area contributed by atoms with Gasteiger partial charge in [0.25, 0.3) is 0 Å². The summed E-state index contributed by atoms with van der Waals surface area (Å²) >= 11 is 1.85. The molecule has 0 saturated carbocycles. The van der Waals surface area contributed by atoms with Crippen LogP contribution in [0, 0.1) is 0 Å². The number of nitrogens with one attached hydrogen (secondary N) is 1. The SMILES string of the molecule is CCNC(=NCC1(N2CCCCC2)CCN(C)CC1)N(C)CCc1cccs1.I. The lowest BCUT2D eigenvalue weighted by molar-refractivity contribution is 0.0207. The average molecular weight is 534 g/mol. The van der Waals surface area contributed by atoms with Crippen LogP contribution in [0.5, 0.6) is 0 Å². The minimum Gasteiger partial charge on any atom is -0.357 e. The molecule has 7 heteroatoms. The van der Waals surface area contributed by atoms with E-state index in [1.165, 1.54) is 63.2 Å². The summed E-state index contributed by atoms with van der Waals surface area (Å²) in [5.74, 6) is 1.06. The van der Waals surface area contributed by atoms with E-state index in [4.69, 9.17) is 4.99 Å². The fraction of sp³-hybridized carbons (Fsp3) is 0.773. The Kier molecular flexibility index (Phi) is 10.7. The molecule has 0 aliphatic carbocycles. The van der Waals surface area contributed by atoms with Crippen LogP contribution in [0.3, 0.4) is 0 Å². The maximum Gasteiger partial charge on any atom is 0.193 e. The summed E-state index contributed by atoms with van der Waals surface area (Å²) < 4.78 is 0. The molecule has 0 unspecified atom stereocenters. The number of guanidine groups is 1. The Morgan fingerprint density at radius 1 is 1.21 bits per heavy atom. The van der Waals surface area contributed by atoms with Crippen molar-refractivity contribution >= 4 is 41.3 Å². The second-order valence-corrected chi connectivity index (χ2v) is 9.53. The highest BCUT2D eigenvalue weighted by atomic mass is 127. The van der Waals surface area contributed by atoms with Crippen LogP contribution in [0.1, 0.15) is 43.9 Å². The lowest BCUT2D eigenvalue weighted by atomic mass is 9.84. The lowest BCUT2D eigenvalue weighted by Gasteiger charge is -2.49. The molecule has 3 heterocycles. The first-order chi connectivity index (χ1) is 13.6. The van der Waals surface area contributed by atoms with Crippen LogP contribution in [0.25, 0.3) is 0 Å². The second-order valence-electron chi connectivity index (χ2n) is 8.50. The number of rotatable bonds is 7. The molecular weight excluding hydrogens is 493 g/mol. The fourth-order valence-corrected chi connectivity index (χ4v) is 5.21. The molecule has 2 saturated heterocycles. The molecule has 0 radical (unpaired) electrons. The van der Waals surface area contributed by atoms with Gasteiger partial charge in [0.2, 0.25) is 0 Å². The van der Waals surface area contributed by atoms with Gasteiger partial charge in [-0.25, -0.2) is 0 Å². The number of nitrogens with zero attached hydrogens (tertiary/aromatic N) is 4. The van der Waals surface area contributed by atoms with Gasteiger partial charge in [0, 0.05) is 30.6 Å². The molecule has 0 spiro atoms. The third-order valence-corrected chi connectivity index (χ3v) is 7.37. The summed E-state index contributed by atoms with van der Waals surface area (Å²) in [5, 5.41) is 5.70. The van der Waals surface area contributed by atoms with E-state index < -0.39 is 0 Å². The Bertz CT molecular complexity index is 592. The molecule has 2 fully saturated rings. The molecule has 1 aromatic heterocycles. The molecule has 0 bridgehead atoms. The lowest BCUT2D eigenvalue weighted by Crippen LogP contribution is -2.58. The van der Waals surface area contributed by atoms with E-state index in [1.54, 1.807) is 0 Å². The normalized spacial score (nSPS) is 20.9. The number of likely N-dealkylation sites (N-methyl/N-ethyl adjacent to an activating group) is 1. The largest absolute Gasteiger partial charge is 0.357 e. The van der Waals surface area contributed by atoms with Crippen LogP contribution in [0.4, 0.5) is 0 Å². The highest BCUT2D eigenvalue weighted by molar-refractivity contribution is 14.0. The van der Waals surface area contributed by atoms with Gasteiger partial charge in [-0.1, -0.05) is 12.5 Å². The average Bonchev–Trinajstić information content (AvgIpc) is 3.25. The van der Waals surface area contributed by atoms with Crippen molar-refractivity contribution in [1.82, 2.24) is 20.0 Å². The molecule has 0 aromatic carbocycles. The van der Waals surface area contributed by atoms with Gasteiger partial charge in [0.15, 0.2) is 5.96 Å². The number of halogens is 1. The Morgan fingerprint density at radius 2 is 1.93 bits per heavy atom. The zero-order valence-electron chi connectivity index (χ0n) is 18.5. The molecule has 29 heavy (non-hydrogen) atoms. The molecule has 0 atom stereocenters. The van der Waals surface area contributed by atoms with Crippen LogP contribution in [-0.2, 0) is 6.42 Å². The first-order valence-corrected chi connectivity index (χ1v) is 12.0. The van der Waals surface area contributed by atoms with Crippen molar-refractivity contribution in [2.24, 2.45) is 4.99 Å². The van der Waals surface area contributed by atoms with Crippen molar-refractivity contribution in [3.8, 4) is 0 Å². The quantitative estimate of drug-likeness (QED) is 0.329. The van der Waals surface area contributed by atoms with Crippen molar-refractivity contribution in [3.05, 3.63) is 22.4 Å². The van der Waals surface area contributed by atoms with Gasteiger partial charge in [-0.05, 0) is 83.7 Å². The smallest absolute Gasteiger partial charge is 0.193 e. The van der Waals surface area contributed by atoms with Gasteiger partial charge < -0.3 is 15.1 Å². The van der Waals surface area contributed by atoms with E-state index in [9.17, 15) is 0 Å². The highest BCUT2D eigenvalue weighted by Gasteiger charge is 2.39. The molecular formula is C22H40IN5S. The molecule has 166 valence electrons. The number of likely N-dealkylation sites (tertiary alicyclic amines) is 2. The van der Waals surface area contributed by atoms with Crippen molar-refractivity contribution in [3.63, 3.8) is 0 Å². The third kappa shape index (κ3) is 7.08. The predicted molar refractivity (Wildman–Crippen MR) is 137 cm³/mol. The van der Waals surface area contributed by atoms with Gasteiger partial charge in [-0.15, -0.1) is 35.3 Å². The second kappa shape index (κ2) is 12.5. The summed E-state index contributed by atoms with van der Waals surface area (Å²) in [6, 6.07) is 4.37. The first-order valence-electron chi connectivity index (χ1n) is 11.1. The van der Waals surface area contributed by atoms with Gasteiger partial charge in [0.1, 0.15) is 0 Å². The van der Waals surface area contributed by atoms with Crippen molar-refractivity contribution in [2.75, 3.05) is 59.9 Å². The van der Waals surface area contributed by atoms with E-state index >= 15 is 0 Å². The van der Waals surface area contributed by atoms with Crippen molar-refractivity contribution < 1.29 is 0 Å². The standard InChI is InChI=1S/C22H39N5S.HI/c1-4-23-21(26(3)15-10-20-9-8-18-28-20)24-19-22(11-16-25(2)17-12-22)27-13-6-5-7-14-27;/h8-9,18H,4-7,10-17,19H2,1-3H3,(H,23,24);1H. The van der Waals surface area contributed by atoms with E-state index in [2.05, 4.69) is 58.5 Å². The van der Waals surface area contributed by atoms with Gasteiger partial charge in [-0.3, -0.25) is 9.89 Å². The molecule has 0 amide bonds. The number of piperidine rings is 2. The Hall–Kier alpha value is -0.380. The molecule has 5 nitrogen and oxygen atoms in total. The monoisotopic (exact) mass is 533 g/mol. The van der Waals surface area contributed by atoms with E-state index in [1.807, 2.05) is 11.3 Å².